The van der Waals surface area contributed by atoms with Crippen molar-refractivity contribution in [1.29, 1.82) is 0 Å². The van der Waals surface area contributed by atoms with E-state index in [0.717, 1.165) is 5.56 Å². The van der Waals surface area contributed by atoms with Gasteiger partial charge in [0.05, 0.1) is 25.2 Å². The lowest BCUT2D eigenvalue weighted by molar-refractivity contribution is -0.157. The van der Waals surface area contributed by atoms with Crippen molar-refractivity contribution >= 4 is 23.4 Å². The second-order valence-corrected chi connectivity index (χ2v) is 8.37. The number of nitrogens with zero attached hydrogens (tertiary/aromatic N) is 3. The Bertz CT molecular complexity index is 1010. The van der Waals surface area contributed by atoms with Gasteiger partial charge in [0.15, 0.2) is 6.61 Å². The molecule has 1 unspecified atom stereocenters. The summed E-state index contributed by atoms with van der Waals surface area (Å²) in [6.07, 6.45) is 1.86. The quantitative estimate of drug-likeness (QED) is 0.234. The highest BCUT2D eigenvalue weighted by Gasteiger charge is 2.57. The van der Waals surface area contributed by atoms with Gasteiger partial charge in [0.25, 0.3) is 5.91 Å². The molecule has 2 amide bonds. The van der Waals surface area contributed by atoms with Crippen LogP contribution in [0.1, 0.15) is 18.9 Å². The number of esters is 1. The number of benzene rings is 1. The third-order valence-electron chi connectivity index (χ3n) is 6.35. The number of hydrogen-bond donors (Lipinski definition) is 0. The van der Waals surface area contributed by atoms with E-state index in [1.165, 1.54) is 11.0 Å². The molecule has 3 atom stereocenters. The first-order valence-electron chi connectivity index (χ1n) is 11.2. The number of nitroso groups, excluding NO2 is 1. The Morgan fingerprint density at radius 1 is 1.26 bits per heavy atom. The number of carbonyl (C=O) groups is 3. The first-order valence-corrected chi connectivity index (χ1v) is 11.2. The van der Waals surface area contributed by atoms with Crippen LogP contribution in [0.25, 0.3) is 5.57 Å². The summed E-state index contributed by atoms with van der Waals surface area (Å²) < 4.78 is 16.1. The molecule has 0 aliphatic carbocycles. The number of carbonyl (C=O) groups excluding carboxylic acids is 3. The summed E-state index contributed by atoms with van der Waals surface area (Å²) in [5.41, 5.74) is 1.57. The van der Waals surface area contributed by atoms with Gasteiger partial charge in [-0.25, -0.2) is 4.79 Å². The van der Waals surface area contributed by atoms with Crippen molar-refractivity contribution in [3.05, 3.63) is 53.1 Å². The molecule has 3 heterocycles. The predicted molar refractivity (Wildman–Crippen MR) is 121 cm³/mol. The molecule has 1 aromatic carbocycles. The second kappa shape index (κ2) is 10.2. The smallest absolute Gasteiger partial charge is 0.355 e. The van der Waals surface area contributed by atoms with E-state index in [-0.39, 0.29) is 36.8 Å². The van der Waals surface area contributed by atoms with Crippen LogP contribution in [0.15, 0.2) is 47.8 Å². The maximum Gasteiger partial charge on any atom is 0.355 e. The molecule has 0 saturated carbocycles. The lowest BCUT2D eigenvalue weighted by atomic mass is 9.81. The highest BCUT2D eigenvalue weighted by molar-refractivity contribution is 6.06. The summed E-state index contributed by atoms with van der Waals surface area (Å²) >= 11 is 0. The van der Waals surface area contributed by atoms with Gasteiger partial charge < -0.3 is 24.0 Å². The summed E-state index contributed by atoms with van der Waals surface area (Å²) in [7, 11) is 0. The van der Waals surface area contributed by atoms with Crippen LogP contribution in [0.2, 0.25) is 0 Å². The van der Waals surface area contributed by atoms with Gasteiger partial charge in [-0.1, -0.05) is 30.0 Å². The van der Waals surface area contributed by atoms with Crippen molar-refractivity contribution in [3.8, 4) is 5.75 Å². The zero-order valence-corrected chi connectivity index (χ0v) is 19.0. The highest BCUT2D eigenvalue weighted by Crippen LogP contribution is 2.47. The van der Waals surface area contributed by atoms with Gasteiger partial charge >= 0.3 is 5.97 Å². The minimum Gasteiger partial charge on any atom is -0.484 e. The summed E-state index contributed by atoms with van der Waals surface area (Å²) in [5.74, 6) is -1.08. The number of rotatable bonds is 9. The number of morpholine rings is 1. The van der Waals surface area contributed by atoms with E-state index in [4.69, 9.17) is 14.2 Å². The lowest BCUT2D eigenvalue weighted by Gasteiger charge is -2.44. The van der Waals surface area contributed by atoms with Gasteiger partial charge in [-0.05, 0) is 36.6 Å². The van der Waals surface area contributed by atoms with Crippen LogP contribution in [-0.2, 0) is 23.9 Å². The molecule has 10 nitrogen and oxygen atoms in total. The number of amides is 2. The molecular formula is C24H27N3O7. The normalized spacial score (nSPS) is 22.6. The number of β-lactam (4-membered cyclic amide) rings is 1. The summed E-state index contributed by atoms with van der Waals surface area (Å²) in [6.45, 7) is 7.24. The number of fused-ring (bicyclic) bond motifs is 1. The number of ether oxygens (including phenoxy) is 3. The van der Waals surface area contributed by atoms with Crippen LogP contribution in [0.4, 0.5) is 0 Å². The van der Waals surface area contributed by atoms with Gasteiger partial charge in [-0.2, -0.15) is 4.91 Å². The van der Waals surface area contributed by atoms with Crippen molar-refractivity contribution in [2.24, 2.45) is 11.1 Å². The lowest BCUT2D eigenvalue weighted by Crippen LogP contribution is -2.61. The first-order chi connectivity index (χ1) is 16.5. The van der Waals surface area contributed by atoms with Crippen LogP contribution >= 0.6 is 0 Å². The molecule has 2 saturated heterocycles. The molecule has 0 bridgehead atoms. The van der Waals surface area contributed by atoms with Gasteiger partial charge in [0, 0.05) is 13.1 Å². The Morgan fingerprint density at radius 2 is 1.97 bits per heavy atom. The molecule has 0 spiro atoms. The molecule has 10 heteroatoms. The van der Waals surface area contributed by atoms with E-state index < -0.39 is 17.9 Å². The summed E-state index contributed by atoms with van der Waals surface area (Å²) in [5, 5.41) is 3.02. The predicted octanol–water partition coefficient (Wildman–Crippen LogP) is 1.75. The molecule has 3 aliphatic heterocycles. The Kier molecular flexibility index (Phi) is 7.06. The largest absolute Gasteiger partial charge is 0.484 e. The molecule has 4 rings (SSSR count). The van der Waals surface area contributed by atoms with Crippen molar-refractivity contribution in [3.63, 3.8) is 0 Å². The Labute approximate surface area is 197 Å². The maximum absolute atomic E-state index is 12.8. The van der Waals surface area contributed by atoms with E-state index in [0.29, 0.717) is 44.0 Å². The van der Waals surface area contributed by atoms with E-state index in [2.05, 4.69) is 11.8 Å². The fourth-order valence-electron chi connectivity index (χ4n) is 4.59. The van der Waals surface area contributed by atoms with Gasteiger partial charge in [-0.15, -0.1) is 0 Å². The fourth-order valence-corrected chi connectivity index (χ4v) is 4.59. The second-order valence-electron chi connectivity index (χ2n) is 8.37. The molecule has 34 heavy (non-hydrogen) atoms. The standard InChI is InChI=1S/C24H27N3O7/c1-3-10-33-24(30)22-18(13-19-21(15(2)25-31)23(29)27(19)22)16-4-6-17(7-5-16)34-14-20(28)26-8-11-32-12-9-26/h3-7,15,19,21H,1,8-14H2,2H3/t15-,19?,21-/m1/s1. The average molecular weight is 469 g/mol. The van der Waals surface area contributed by atoms with Crippen molar-refractivity contribution < 1.29 is 28.6 Å². The maximum atomic E-state index is 12.8. The fraction of sp³-hybridized carbons (Fsp3) is 0.458. The average Bonchev–Trinajstić information content (AvgIpc) is 3.21. The third kappa shape index (κ3) is 4.45. The molecule has 3 aliphatic rings. The Morgan fingerprint density at radius 3 is 2.62 bits per heavy atom. The molecule has 2 fully saturated rings. The Balaban J connectivity index is 1.50. The molecule has 180 valence electrons. The van der Waals surface area contributed by atoms with E-state index in [9.17, 15) is 19.3 Å². The highest BCUT2D eigenvalue weighted by atomic mass is 16.5. The van der Waals surface area contributed by atoms with Gasteiger partial charge in [0.1, 0.15) is 24.1 Å². The van der Waals surface area contributed by atoms with Crippen LogP contribution in [0.3, 0.4) is 0 Å². The molecule has 1 aromatic rings. The van der Waals surface area contributed by atoms with Crippen molar-refractivity contribution in [2.75, 3.05) is 39.5 Å². The van der Waals surface area contributed by atoms with Crippen molar-refractivity contribution in [2.45, 2.75) is 25.4 Å². The van der Waals surface area contributed by atoms with Crippen molar-refractivity contribution in [1.82, 2.24) is 9.80 Å². The monoisotopic (exact) mass is 469 g/mol. The van der Waals surface area contributed by atoms with Crippen LogP contribution < -0.4 is 4.74 Å². The Hall–Kier alpha value is -3.53. The zero-order valence-electron chi connectivity index (χ0n) is 19.0. The molecule has 0 N–H and O–H groups in total. The van der Waals surface area contributed by atoms with Crippen LogP contribution in [0, 0.1) is 10.8 Å². The minimum absolute atomic E-state index is 0.0159. The van der Waals surface area contributed by atoms with Gasteiger partial charge in [0.2, 0.25) is 5.91 Å². The van der Waals surface area contributed by atoms with Gasteiger partial charge in [-0.3, -0.25) is 9.59 Å². The number of hydrogen-bond acceptors (Lipinski definition) is 8. The summed E-state index contributed by atoms with van der Waals surface area (Å²) in [4.78, 5) is 52.0. The van der Waals surface area contributed by atoms with E-state index in [1.54, 1.807) is 36.1 Å². The SMILES string of the molecule is C=CCOC(=O)C1=C(c2ccc(OCC(=O)N3CCOCC3)cc2)CC2[C@@H]([C@@H](C)N=O)C(=O)N12. The van der Waals surface area contributed by atoms with Crippen LogP contribution in [-0.4, -0.2) is 79.2 Å². The minimum atomic E-state index is -0.682. The first kappa shape index (κ1) is 23.6. The third-order valence-corrected chi connectivity index (χ3v) is 6.35. The van der Waals surface area contributed by atoms with E-state index in [1.807, 2.05) is 0 Å². The molecule has 0 radical (unpaired) electrons. The molecule has 0 aromatic heterocycles. The van der Waals surface area contributed by atoms with Crippen LogP contribution in [0.5, 0.6) is 5.75 Å². The summed E-state index contributed by atoms with van der Waals surface area (Å²) in [6, 6.07) is 5.98. The van der Waals surface area contributed by atoms with E-state index >= 15 is 0 Å². The molecular weight excluding hydrogens is 442 g/mol. The zero-order chi connectivity index (χ0) is 24.2. The topological polar surface area (TPSA) is 115 Å².